The molecule has 0 saturated heterocycles. The predicted molar refractivity (Wildman–Crippen MR) is 302 cm³/mol. The molecular formula is C44H58Cl2F3N14O17PS3. The van der Waals surface area contributed by atoms with Crippen LogP contribution in [-0.4, -0.2) is 169 Å². The lowest BCUT2D eigenvalue weighted by atomic mass is 10.1. The second-order valence-corrected chi connectivity index (χ2v) is 24.8. The van der Waals surface area contributed by atoms with Crippen molar-refractivity contribution >= 4 is 109 Å². The number of hydrogen-bond acceptors (Lipinski definition) is 24. The summed E-state index contributed by atoms with van der Waals surface area (Å²) >= 11 is 11.5. The number of carboxylic acid groups (broad SMARTS) is 1. The van der Waals surface area contributed by atoms with Crippen LogP contribution in [0.3, 0.4) is 0 Å². The highest BCUT2D eigenvalue weighted by Crippen LogP contribution is 2.37. The lowest BCUT2D eigenvalue weighted by molar-refractivity contribution is -0.385. The van der Waals surface area contributed by atoms with Crippen LogP contribution in [0.4, 0.5) is 41.5 Å². The molecule has 464 valence electrons. The Hall–Kier alpha value is -7.51. The molecule has 31 nitrogen and oxygen atoms in total. The molecule has 1 atom stereocenters. The van der Waals surface area contributed by atoms with Gasteiger partial charge in [-0.2, -0.15) is 46.5 Å². The quantitative estimate of drug-likeness (QED) is 0.0247. The van der Waals surface area contributed by atoms with E-state index in [0.29, 0.717) is 41.2 Å². The SMILES string of the molecule is CCNc1nc(Cl)nc(NC(C)C)n1.COc1cc(OC)nc(NC(=O)NS(=O)(=O)c2ncccc2C(=O)N(C)C)n1.CS(=O)(=O)NC(=O)c1cc(Oc2ccc(C(F)(F)F)cc2Cl)ccc1[N+](=O)[O-].C[S+](C)C.O=C(O)CNCP(=O)([O-])O. The molecule has 0 spiro atoms. The second-order valence-electron chi connectivity index (χ2n) is 16.7. The molecule has 84 heavy (non-hydrogen) atoms. The van der Waals surface area contributed by atoms with Crippen LogP contribution >= 0.6 is 30.8 Å². The van der Waals surface area contributed by atoms with E-state index in [1.165, 1.54) is 57.6 Å². The summed E-state index contributed by atoms with van der Waals surface area (Å²) in [7, 11) is -6.56. The molecule has 0 aliphatic rings. The van der Waals surface area contributed by atoms with Crippen molar-refractivity contribution in [3.05, 3.63) is 97.9 Å². The van der Waals surface area contributed by atoms with Gasteiger partial charge in [-0.25, -0.2) is 27.6 Å². The van der Waals surface area contributed by atoms with Crippen LogP contribution < -0.4 is 49.8 Å². The Morgan fingerprint density at radius 1 is 0.881 bits per heavy atom. The Bertz CT molecular complexity index is 3330. The highest BCUT2D eigenvalue weighted by atomic mass is 35.5. The lowest BCUT2D eigenvalue weighted by Gasteiger charge is -2.14. The van der Waals surface area contributed by atoms with E-state index in [1.54, 1.807) is 9.44 Å². The number of nitrogens with zero attached hydrogens (tertiary/aromatic N) is 8. The van der Waals surface area contributed by atoms with Crippen molar-refractivity contribution in [1.29, 1.82) is 0 Å². The van der Waals surface area contributed by atoms with Crippen LogP contribution in [0, 0.1) is 10.1 Å². The van der Waals surface area contributed by atoms with E-state index in [1.807, 2.05) is 26.1 Å². The fourth-order valence-corrected chi connectivity index (χ4v) is 7.48. The van der Waals surface area contributed by atoms with Gasteiger partial charge in [-0.15, -0.1) is 0 Å². The molecule has 0 aliphatic carbocycles. The number of rotatable bonds is 19. The molecule has 8 N–H and O–H groups in total. The molecule has 0 bridgehead atoms. The van der Waals surface area contributed by atoms with Crippen LogP contribution in [0.2, 0.25) is 10.3 Å². The number of anilines is 3. The van der Waals surface area contributed by atoms with Crippen molar-refractivity contribution in [2.75, 3.05) is 88.7 Å². The van der Waals surface area contributed by atoms with E-state index in [-0.39, 0.29) is 46.1 Å². The number of urea groups is 1. The van der Waals surface area contributed by atoms with E-state index in [2.05, 4.69) is 64.6 Å². The van der Waals surface area contributed by atoms with Crippen molar-refractivity contribution in [2.45, 2.75) is 38.0 Å². The summed E-state index contributed by atoms with van der Waals surface area (Å²) in [6.45, 7) is 6.25. The number of aliphatic carboxylic acids is 1. The number of alkyl halides is 3. The van der Waals surface area contributed by atoms with Gasteiger partial charge in [0, 0.05) is 45.0 Å². The minimum atomic E-state index is -4.62. The Kier molecular flexibility index (Phi) is 30.4. The number of halogens is 5. The zero-order valence-electron chi connectivity index (χ0n) is 46.1. The van der Waals surface area contributed by atoms with E-state index in [9.17, 15) is 68.8 Å². The molecule has 4 amide bonds. The topological polar surface area (TPSA) is 441 Å². The molecule has 0 radical (unpaired) electrons. The number of carboxylic acids is 1. The van der Waals surface area contributed by atoms with Gasteiger partial charge in [0.25, 0.3) is 27.5 Å². The number of nitro benzene ring substituents is 1. The van der Waals surface area contributed by atoms with Gasteiger partial charge >= 0.3 is 18.2 Å². The Balaban J connectivity index is 0.000000586. The fourth-order valence-electron chi connectivity index (χ4n) is 5.22. The van der Waals surface area contributed by atoms with Crippen molar-refractivity contribution in [1.82, 2.24) is 49.6 Å². The maximum absolute atomic E-state index is 12.7. The number of nitrogens with one attached hydrogen (secondary N) is 6. The zero-order chi connectivity index (χ0) is 64.5. The number of ether oxygens (including phenoxy) is 3. The van der Waals surface area contributed by atoms with Gasteiger partial charge in [0.15, 0.2) is 5.03 Å². The molecule has 0 aliphatic heterocycles. The summed E-state index contributed by atoms with van der Waals surface area (Å²) in [5, 5.41) is 28.4. The van der Waals surface area contributed by atoms with Gasteiger partial charge in [0.1, 0.15) is 24.7 Å². The molecule has 40 heteroatoms. The first-order chi connectivity index (χ1) is 38.7. The normalized spacial score (nSPS) is 11.6. The maximum atomic E-state index is 12.7. The van der Waals surface area contributed by atoms with E-state index < -0.39 is 102 Å². The summed E-state index contributed by atoms with van der Waals surface area (Å²) in [5.74, 6) is -2.52. The number of carbonyl (C=O) groups excluding carboxylic acids is 3. The van der Waals surface area contributed by atoms with Crippen LogP contribution in [0.1, 0.15) is 47.1 Å². The Labute approximate surface area is 492 Å². The van der Waals surface area contributed by atoms with Crippen molar-refractivity contribution in [2.24, 2.45) is 0 Å². The van der Waals surface area contributed by atoms with Crippen molar-refractivity contribution < 1.29 is 87.8 Å². The Morgan fingerprint density at radius 2 is 1.46 bits per heavy atom. The molecular weight excluding hydrogens is 1250 g/mol. The predicted octanol–water partition coefficient (Wildman–Crippen LogP) is 4.28. The standard InChI is InChI=1S/C15H10ClF3N2O6S.C15H18N6O6S.C8H14ClN5.C3H8NO5P.C3H9S/c1-28(25,26)20-14(22)10-7-9(3-4-12(10)21(23)24)27-13-5-2-8(6-11(13)16)15(17,18)19;1-21(2)13(22)9-6-5-7-16-12(9)28(24,25)20-15(23)19-14-17-10(26-3)8-11(18-14)27-4;1-4-10-7-12-6(9)13-8(14-7)11-5(2)3;5-3(6)1-4-2-10(7,8)9;1-4(2)3/h2-7H,1H3,(H,20,22);5-8H,1-4H3,(H2,17,18,19,20,23);5H,4H2,1-3H3,(H2,10,11,12,13,14);4H,1-2H2,(H,5,6)(H2,7,8,9);1-3H3/q;;;;+1/p-1. The monoisotopic (exact) mass is 1310 g/mol. The summed E-state index contributed by atoms with van der Waals surface area (Å²) < 4.78 is 114. The van der Waals surface area contributed by atoms with Gasteiger partial charge in [0.05, 0.1) is 79.2 Å². The van der Waals surface area contributed by atoms with Gasteiger partial charge < -0.3 is 49.2 Å². The molecule has 2 aromatic carbocycles. The van der Waals surface area contributed by atoms with Crippen LogP contribution in [0.15, 0.2) is 65.8 Å². The molecule has 5 aromatic rings. The first kappa shape index (κ1) is 74.5. The van der Waals surface area contributed by atoms with E-state index >= 15 is 0 Å². The third-order valence-corrected chi connectivity index (χ3v) is 11.3. The van der Waals surface area contributed by atoms with Crippen molar-refractivity contribution in [3.63, 3.8) is 0 Å². The highest BCUT2D eigenvalue weighted by molar-refractivity contribution is 7.94. The van der Waals surface area contributed by atoms with Crippen molar-refractivity contribution in [3.8, 4) is 23.3 Å². The summed E-state index contributed by atoms with van der Waals surface area (Å²) in [5.41, 5.74) is -2.53. The molecule has 0 saturated carbocycles. The fraction of sp³-hybridized carbons (Fsp3) is 0.364. The number of pyridine rings is 1. The van der Waals surface area contributed by atoms with Crippen LogP contribution in [0.25, 0.3) is 0 Å². The summed E-state index contributed by atoms with van der Waals surface area (Å²) in [6.07, 6.45) is 3.12. The molecule has 1 unspecified atom stereocenters. The van der Waals surface area contributed by atoms with Gasteiger partial charge in [-0.05, 0) is 79.7 Å². The number of hydrogen-bond donors (Lipinski definition) is 8. The van der Waals surface area contributed by atoms with Gasteiger partial charge in [0.2, 0.25) is 44.9 Å². The Morgan fingerprint density at radius 3 is 1.94 bits per heavy atom. The number of amides is 4. The van der Waals surface area contributed by atoms with E-state index in [4.69, 9.17) is 47.4 Å². The van der Waals surface area contributed by atoms with Gasteiger partial charge in [-0.3, -0.25) is 35.1 Å². The number of aromatic nitrogens is 6. The number of sulfonamides is 2. The minimum Gasteiger partial charge on any atom is -0.778 e. The number of carbonyl (C=O) groups is 4. The van der Waals surface area contributed by atoms with E-state index in [0.717, 1.165) is 30.8 Å². The van der Waals surface area contributed by atoms with Gasteiger partial charge in [-0.1, -0.05) is 11.6 Å². The number of benzene rings is 2. The zero-order valence-corrected chi connectivity index (χ0v) is 51.0. The largest absolute Gasteiger partial charge is 0.778 e. The third kappa shape index (κ3) is 29.1. The second kappa shape index (κ2) is 34.3. The smallest absolute Gasteiger partial charge is 0.416 e. The minimum absolute atomic E-state index is 0.0913. The van der Waals surface area contributed by atoms with Crippen LogP contribution in [-0.2, 0) is 46.5 Å². The number of nitro groups is 1. The average molecular weight is 1310 g/mol. The molecule has 5 rings (SSSR count). The third-order valence-electron chi connectivity index (χ3n) is 8.34. The molecule has 0 fully saturated rings. The first-order valence-electron chi connectivity index (χ1n) is 22.9. The summed E-state index contributed by atoms with van der Waals surface area (Å²) in [4.78, 5) is 98.8. The average Bonchev–Trinajstić information content (AvgIpc) is 3.58. The van der Waals surface area contributed by atoms with Crippen LogP contribution in [0.5, 0.6) is 23.3 Å². The lowest BCUT2D eigenvalue weighted by Crippen LogP contribution is -2.36. The molecule has 3 aromatic heterocycles. The first-order valence-corrected chi connectivity index (χ1v) is 31.3. The summed E-state index contributed by atoms with van der Waals surface area (Å²) in [6, 6.07) is 8.26. The highest BCUT2D eigenvalue weighted by Gasteiger charge is 2.32. The maximum Gasteiger partial charge on any atom is 0.416 e. The molecule has 3 heterocycles. The number of methoxy groups -OCH3 is 2.